The first-order valence-electron chi connectivity index (χ1n) is 32.6. The van der Waals surface area contributed by atoms with Crippen LogP contribution >= 0.6 is 0 Å². The maximum absolute atomic E-state index is 14.3. The molecule has 20 nitrogen and oxygen atoms in total. The van der Waals surface area contributed by atoms with Crippen molar-refractivity contribution in [1.82, 2.24) is 19.9 Å². The summed E-state index contributed by atoms with van der Waals surface area (Å²) in [6.07, 6.45) is -4.11. The summed E-state index contributed by atoms with van der Waals surface area (Å²) in [7, 11) is 0. The molecular weight excluding hydrogens is 1470 g/mol. The van der Waals surface area contributed by atoms with E-state index in [1.54, 1.807) is 0 Å². The van der Waals surface area contributed by atoms with Gasteiger partial charge in [0.15, 0.2) is 0 Å². The van der Waals surface area contributed by atoms with Gasteiger partial charge >= 0.3 is 26.4 Å². The number of nitrogens with zero attached hydrogens (tertiary/aromatic N) is 4. The summed E-state index contributed by atoms with van der Waals surface area (Å²) >= 11 is 0. The van der Waals surface area contributed by atoms with E-state index >= 15 is 0 Å². The van der Waals surface area contributed by atoms with Crippen molar-refractivity contribution in [1.29, 1.82) is 0 Å². The first-order chi connectivity index (χ1) is 51.0. The molecule has 0 fully saturated rings. The second-order valence-electron chi connectivity index (χ2n) is 24.5. The molecule has 4 aromatic carbocycles. The highest BCUT2D eigenvalue weighted by molar-refractivity contribution is 5.95. The SMILES string of the molecule is C[C@@H](OC(F)F)[C@@H]1CCc2c(-c3ccc(F)cc3F)cc(C(N)=O)nc2O1.C[C@@H](OC(F)F)[C@H]1CCc2c(-c3ccc(F)cc3F)cc(C(N)=O)nc2O1.C[C@H](OC(F)F)[C@@H]1CCc2c(-c3ccc(F)cc3F)cc(C(N)=O)nc2O1.C[C@H](OC(F)F)[C@H]1CCc2c(-c3ccc(F)cc3F)cc(C(N)=O)nc2O1. The van der Waals surface area contributed by atoms with Gasteiger partial charge in [-0.1, -0.05) is 0 Å². The lowest BCUT2D eigenvalue weighted by molar-refractivity contribution is -0.180. The number of carbonyl (C=O) groups is 4. The largest absolute Gasteiger partial charge is 0.471 e. The van der Waals surface area contributed by atoms with Crippen LogP contribution in [0.3, 0.4) is 0 Å². The van der Waals surface area contributed by atoms with Crippen molar-refractivity contribution in [2.45, 2.75) is 154 Å². The minimum atomic E-state index is -2.96. The molecule has 0 bridgehead atoms. The van der Waals surface area contributed by atoms with E-state index in [9.17, 15) is 89.4 Å². The van der Waals surface area contributed by atoms with Crippen LogP contribution in [0.4, 0.5) is 70.2 Å². The average molecular weight is 1540 g/mol. The predicted octanol–water partition coefficient (Wildman–Crippen LogP) is 13.8. The monoisotopic (exact) mass is 1540 g/mol. The van der Waals surface area contributed by atoms with E-state index in [0.717, 1.165) is 48.5 Å². The molecule has 0 unspecified atom stereocenters. The van der Waals surface area contributed by atoms with E-state index in [1.165, 1.54) is 76.2 Å². The normalized spacial score (nSPS) is 17.3. The zero-order valence-electron chi connectivity index (χ0n) is 56.9. The van der Waals surface area contributed by atoms with Crippen LogP contribution < -0.4 is 41.9 Å². The van der Waals surface area contributed by atoms with Crippen LogP contribution in [0.1, 0.15) is 118 Å². The molecule has 0 spiro atoms. The number of hydrogen-bond acceptors (Lipinski definition) is 16. The Kier molecular flexibility index (Phi) is 26.6. The number of ether oxygens (including phenoxy) is 8. The number of primary amides is 4. The third-order valence-corrected chi connectivity index (χ3v) is 17.4. The fraction of sp³-hybridized carbons (Fsp3) is 0.333. The minimum absolute atomic E-state index is 0.00834. The molecule has 0 saturated heterocycles. The molecule has 4 aliphatic rings. The summed E-state index contributed by atoms with van der Waals surface area (Å²) in [6.45, 7) is -6.11. The fourth-order valence-corrected chi connectivity index (χ4v) is 12.1. The number of alkyl halides is 8. The van der Waals surface area contributed by atoms with E-state index in [2.05, 4.69) is 38.9 Å². The topological polar surface area (TPSA) is 298 Å². The van der Waals surface area contributed by atoms with Gasteiger partial charge in [-0.25, -0.2) is 55.1 Å². The molecule has 0 saturated carbocycles. The van der Waals surface area contributed by atoms with Crippen molar-refractivity contribution in [2.24, 2.45) is 22.9 Å². The number of halogens is 16. The molecule has 8 atom stereocenters. The predicted molar refractivity (Wildman–Crippen MR) is 350 cm³/mol. The second-order valence-corrected chi connectivity index (χ2v) is 24.5. The zero-order valence-corrected chi connectivity index (χ0v) is 56.9. The summed E-state index contributed by atoms with van der Waals surface area (Å²) in [6, 6.07) is 17.4. The third kappa shape index (κ3) is 20.1. The summed E-state index contributed by atoms with van der Waals surface area (Å²) in [4.78, 5) is 62.5. The van der Waals surface area contributed by atoms with Gasteiger partial charge < -0.3 is 60.8 Å². The van der Waals surface area contributed by atoms with Crippen molar-refractivity contribution < 1.29 is 127 Å². The number of hydrogen-bond donors (Lipinski definition) is 4. The molecule has 4 aromatic heterocycles. The Morgan fingerprint density at radius 1 is 0.324 bits per heavy atom. The highest BCUT2D eigenvalue weighted by Gasteiger charge is 2.37. The molecule has 108 heavy (non-hydrogen) atoms. The van der Waals surface area contributed by atoms with Crippen LogP contribution in [0, 0.1) is 46.5 Å². The van der Waals surface area contributed by atoms with Crippen molar-refractivity contribution >= 4 is 23.6 Å². The van der Waals surface area contributed by atoms with Crippen molar-refractivity contribution in [2.75, 3.05) is 0 Å². The lowest BCUT2D eigenvalue weighted by Gasteiger charge is -2.30. The maximum atomic E-state index is 14.3. The summed E-state index contributed by atoms with van der Waals surface area (Å²) in [5, 5.41) is 0. The number of amides is 4. The Bertz CT molecular complexity index is 4080. The highest BCUT2D eigenvalue weighted by Crippen LogP contribution is 2.43. The molecule has 36 heteroatoms. The number of carbonyl (C=O) groups excluding carboxylic acids is 4. The zero-order chi connectivity index (χ0) is 78.9. The number of pyridine rings is 4. The first kappa shape index (κ1) is 81.4. The van der Waals surface area contributed by atoms with Crippen LogP contribution in [0.2, 0.25) is 0 Å². The first-order valence-corrected chi connectivity index (χ1v) is 32.6. The van der Waals surface area contributed by atoms with Crippen LogP contribution in [0.15, 0.2) is 97.1 Å². The number of rotatable bonds is 20. The van der Waals surface area contributed by atoms with Crippen LogP contribution in [-0.2, 0) is 44.6 Å². The Morgan fingerprint density at radius 2 is 0.509 bits per heavy atom. The molecule has 8 aromatic rings. The van der Waals surface area contributed by atoms with E-state index in [1.807, 2.05) is 0 Å². The third-order valence-electron chi connectivity index (χ3n) is 17.4. The molecule has 12 rings (SSSR count). The average Bonchev–Trinajstić information content (AvgIpc) is 0.791. The van der Waals surface area contributed by atoms with E-state index < -0.39 is 145 Å². The number of fused-ring (bicyclic) bond motifs is 4. The molecular formula is C72H64F16N8O12. The highest BCUT2D eigenvalue weighted by atomic mass is 19.3. The van der Waals surface area contributed by atoms with Gasteiger partial charge in [-0.2, -0.15) is 35.1 Å². The lowest BCUT2D eigenvalue weighted by atomic mass is 9.93. The Labute approximate surface area is 602 Å². The molecule has 8 heterocycles. The Morgan fingerprint density at radius 3 is 0.667 bits per heavy atom. The molecule has 8 N–H and O–H groups in total. The summed E-state index contributed by atoms with van der Waals surface area (Å²) in [5.41, 5.74) is 23.6. The number of benzene rings is 4. The number of nitrogens with two attached hydrogens (primary N) is 4. The van der Waals surface area contributed by atoms with E-state index in [0.29, 0.717) is 73.6 Å². The second kappa shape index (κ2) is 35.3. The quantitative estimate of drug-likeness (QED) is 0.0516. The van der Waals surface area contributed by atoms with Gasteiger partial charge in [0, 0.05) is 68.8 Å². The molecule has 4 aliphatic heterocycles. The van der Waals surface area contributed by atoms with Crippen LogP contribution in [0.5, 0.6) is 23.5 Å². The fourth-order valence-electron chi connectivity index (χ4n) is 12.1. The van der Waals surface area contributed by atoms with E-state index in [-0.39, 0.29) is 90.8 Å². The smallest absolute Gasteiger partial charge is 0.345 e. The van der Waals surface area contributed by atoms with Crippen LogP contribution in [0.25, 0.3) is 44.5 Å². The van der Waals surface area contributed by atoms with Gasteiger partial charge in [0.1, 0.15) is 93.7 Å². The van der Waals surface area contributed by atoms with Gasteiger partial charge in [0.25, 0.3) is 23.6 Å². The molecule has 0 radical (unpaired) electrons. The van der Waals surface area contributed by atoms with Gasteiger partial charge in [-0.3, -0.25) is 19.2 Å². The van der Waals surface area contributed by atoms with Gasteiger partial charge in [0.2, 0.25) is 23.5 Å². The Hall–Kier alpha value is -10.7. The standard InChI is InChI=1S/4C18H16F4N2O3/c4*1-8(26-18(21)22)15-5-4-11-12(10-3-2-9(19)6-13(10)20)7-14(16(23)25)24-17(11)27-15/h4*2-3,6-8,15,18H,4-5H2,1H3,(H2,23,25)/t2*8-,15+;2*8-,15-/m1010/s1. The summed E-state index contributed by atoms with van der Waals surface area (Å²) in [5.74, 6) is -9.80. The van der Waals surface area contributed by atoms with E-state index in [4.69, 9.17) is 41.9 Å². The molecule has 4 amide bonds. The van der Waals surface area contributed by atoms with Gasteiger partial charge in [-0.15, -0.1) is 0 Å². The lowest BCUT2D eigenvalue weighted by Crippen LogP contribution is -2.36. The van der Waals surface area contributed by atoms with Crippen molar-refractivity contribution in [3.63, 3.8) is 0 Å². The summed E-state index contributed by atoms with van der Waals surface area (Å²) < 4.78 is 250. The maximum Gasteiger partial charge on any atom is 0.345 e. The molecule has 0 aliphatic carbocycles. The van der Waals surface area contributed by atoms with Crippen molar-refractivity contribution in [3.8, 4) is 68.0 Å². The Balaban J connectivity index is 0.000000166. The number of aromatic nitrogens is 4. The van der Waals surface area contributed by atoms with Gasteiger partial charge in [-0.05, 0) is 174 Å². The van der Waals surface area contributed by atoms with Crippen molar-refractivity contribution in [3.05, 3.63) is 189 Å². The van der Waals surface area contributed by atoms with Gasteiger partial charge in [0.05, 0.1) is 24.4 Å². The van der Waals surface area contributed by atoms with Crippen LogP contribution in [-0.4, -0.2) is 119 Å². The minimum Gasteiger partial charge on any atom is -0.471 e. The molecule has 576 valence electrons.